The van der Waals surface area contributed by atoms with Gasteiger partial charge in [0.25, 0.3) is 5.91 Å². The number of hydrogen-bond acceptors (Lipinski definition) is 5. The fourth-order valence-corrected chi connectivity index (χ4v) is 2.89. The van der Waals surface area contributed by atoms with Crippen LogP contribution in [-0.2, 0) is 6.61 Å². The van der Waals surface area contributed by atoms with Crippen molar-refractivity contribution in [3.8, 4) is 11.5 Å². The van der Waals surface area contributed by atoms with E-state index in [1.807, 2.05) is 0 Å². The molecule has 0 radical (unpaired) electrons. The number of carbonyl (C=O) groups is 2. The van der Waals surface area contributed by atoms with E-state index < -0.39 is 11.9 Å². The number of carbonyl (C=O) groups excluding carboxylic acids is 1. The molecule has 2 N–H and O–H groups in total. The quantitative estimate of drug-likeness (QED) is 0.401. The van der Waals surface area contributed by atoms with E-state index in [1.165, 1.54) is 25.5 Å². The highest BCUT2D eigenvalue weighted by molar-refractivity contribution is 6.30. The van der Waals surface area contributed by atoms with Gasteiger partial charge in [0.1, 0.15) is 6.61 Å². The number of nitrogens with one attached hydrogen (secondary N) is 1. The average Bonchev–Trinajstić information content (AvgIpc) is 2.78. The minimum absolute atomic E-state index is 0.190. The third-order valence-corrected chi connectivity index (χ3v) is 4.50. The maximum Gasteiger partial charge on any atom is 0.335 e. The zero-order valence-corrected chi connectivity index (χ0v) is 17.3. The first-order valence-electron chi connectivity index (χ1n) is 9.19. The lowest BCUT2D eigenvalue weighted by Crippen LogP contribution is -2.17. The summed E-state index contributed by atoms with van der Waals surface area (Å²) in [6.07, 6.45) is 1.45. The number of carboxylic acids is 1. The first-order chi connectivity index (χ1) is 15.0. The van der Waals surface area contributed by atoms with Crippen LogP contribution in [0, 0.1) is 0 Å². The number of benzene rings is 3. The Hall–Kier alpha value is -3.84. The van der Waals surface area contributed by atoms with E-state index >= 15 is 0 Å². The lowest BCUT2D eigenvalue weighted by atomic mass is 10.1. The fourth-order valence-electron chi connectivity index (χ4n) is 2.70. The van der Waals surface area contributed by atoms with Crippen molar-refractivity contribution in [3.05, 3.63) is 94.0 Å². The van der Waals surface area contributed by atoms with Crippen LogP contribution in [0.15, 0.2) is 71.8 Å². The predicted molar refractivity (Wildman–Crippen MR) is 117 cm³/mol. The van der Waals surface area contributed by atoms with Crippen molar-refractivity contribution in [3.63, 3.8) is 0 Å². The molecular weight excluding hydrogens is 420 g/mol. The van der Waals surface area contributed by atoms with Crippen LogP contribution in [-0.4, -0.2) is 30.3 Å². The second-order valence-corrected chi connectivity index (χ2v) is 6.82. The number of amides is 1. The Morgan fingerprint density at radius 2 is 1.81 bits per heavy atom. The van der Waals surface area contributed by atoms with Crippen molar-refractivity contribution in [1.29, 1.82) is 0 Å². The van der Waals surface area contributed by atoms with E-state index in [4.69, 9.17) is 26.2 Å². The van der Waals surface area contributed by atoms with Crippen LogP contribution in [0.2, 0.25) is 5.02 Å². The standard InChI is InChI=1S/C23H19ClN2O5/c1-30-20-7-3-5-18(13-25-26-22(27)17-4-2-6-19(24)12-17)21(20)31-14-15-8-10-16(11-9-15)23(28)29/h2-13H,14H2,1H3,(H,26,27)(H,28,29)/b25-13-. The molecular formula is C23H19ClN2O5. The van der Waals surface area contributed by atoms with Crippen molar-refractivity contribution in [2.75, 3.05) is 7.11 Å². The zero-order chi connectivity index (χ0) is 22.2. The summed E-state index contributed by atoms with van der Waals surface area (Å²) in [5, 5.41) is 13.5. The third-order valence-electron chi connectivity index (χ3n) is 4.27. The Balaban J connectivity index is 1.73. The second-order valence-electron chi connectivity index (χ2n) is 6.38. The van der Waals surface area contributed by atoms with Crippen molar-refractivity contribution in [2.24, 2.45) is 5.10 Å². The van der Waals surface area contributed by atoms with E-state index in [1.54, 1.807) is 54.6 Å². The number of nitrogens with zero attached hydrogens (tertiary/aromatic N) is 1. The van der Waals surface area contributed by atoms with Gasteiger partial charge in [-0.2, -0.15) is 5.10 Å². The van der Waals surface area contributed by atoms with Crippen molar-refractivity contribution < 1.29 is 24.2 Å². The molecule has 8 heteroatoms. The minimum atomic E-state index is -0.990. The van der Waals surface area contributed by atoms with Crippen LogP contribution in [0.3, 0.4) is 0 Å². The third kappa shape index (κ3) is 5.83. The van der Waals surface area contributed by atoms with Crippen LogP contribution in [0.5, 0.6) is 11.5 Å². The number of para-hydroxylation sites is 1. The Morgan fingerprint density at radius 3 is 2.48 bits per heavy atom. The van der Waals surface area contributed by atoms with Gasteiger partial charge in [-0.3, -0.25) is 4.79 Å². The molecule has 158 valence electrons. The van der Waals surface area contributed by atoms with Crippen LogP contribution < -0.4 is 14.9 Å². The van der Waals surface area contributed by atoms with Crippen LogP contribution in [0.4, 0.5) is 0 Å². The molecule has 0 aliphatic heterocycles. The number of rotatable bonds is 8. The number of aromatic carboxylic acids is 1. The van der Waals surface area contributed by atoms with Crippen LogP contribution in [0.25, 0.3) is 0 Å². The molecule has 0 aliphatic rings. The Bertz CT molecular complexity index is 1110. The maximum atomic E-state index is 12.2. The number of hydrazone groups is 1. The predicted octanol–water partition coefficient (Wildman–Crippen LogP) is 4.39. The molecule has 0 atom stereocenters. The molecule has 0 spiro atoms. The number of halogens is 1. The lowest BCUT2D eigenvalue weighted by Gasteiger charge is -2.13. The smallest absolute Gasteiger partial charge is 0.335 e. The van der Waals surface area contributed by atoms with Gasteiger partial charge in [0, 0.05) is 16.1 Å². The Kier molecular flexibility index (Phi) is 7.24. The first-order valence-corrected chi connectivity index (χ1v) is 9.56. The molecule has 0 fully saturated rings. The molecule has 31 heavy (non-hydrogen) atoms. The monoisotopic (exact) mass is 438 g/mol. The summed E-state index contributed by atoms with van der Waals surface area (Å²) in [4.78, 5) is 23.2. The van der Waals surface area contributed by atoms with Gasteiger partial charge >= 0.3 is 5.97 Å². The number of ether oxygens (including phenoxy) is 2. The second kappa shape index (κ2) is 10.3. The van der Waals surface area contributed by atoms with Gasteiger partial charge in [0.2, 0.25) is 0 Å². The summed E-state index contributed by atoms with van der Waals surface area (Å²) < 4.78 is 11.3. The summed E-state index contributed by atoms with van der Waals surface area (Å²) in [5.74, 6) is -0.460. The summed E-state index contributed by atoms with van der Waals surface area (Å²) in [5.41, 5.74) is 4.41. The number of carboxylic acid groups (broad SMARTS) is 1. The zero-order valence-electron chi connectivity index (χ0n) is 16.5. The SMILES string of the molecule is COc1cccc(/C=N\NC(=O)c2cccc(Cl)c2)c1OCc1ccc(C(=O)O)cc1. The summed E-state index contributed by atoms with van der Waals surface area (Å²) in [6.45, 7) is 0.190. The van der Waals surface area contributed by atoms with E-state index in [-0.39, 0.29) is 12.2 Å². The largest absolute Gasteiger partial charge is 0.493 e. The summed E-state index contributed by atoms with van der Waals surface area (Å²) in [7, 11) is 1.52. The number of hydrogen-bond donors (Lipinski definition) is 2. The Labute approximate surface area is 183 Å². The van der Waals surface area contributed by atoms with Gasteiger partial charge in [0.15, 0.2) is 11.5 Å². The van der Waals surface area contributed by atoms with E-state index in [0.717, 1.165) is 5.56 Å². The molecule has 0 aliphatic carbocycles. The average molecular weight is 439 g/mol. The first kappa shape index (κ1) is 21.9. The molecule has 7 nitrogen and oxygen atoms in total. The summed E-state index contributed by atoms with van der Waals surface area (Å²) >= 11 is 5.90. The molecule has 0 aromatic heterocycles. The molecule has 0 saturated heterocycles. The van der Waals surface area contributed by atoms with Gasteiger partial charge < -0.3 is 14.6 Å². The molecule has 0 unspecified atom stereocenters. The highest BCUT2D eigenvalue weighted by atomic mass is 35.5. The highest BCUT2D eigenvalue weighted by Gasteiger charge is 2.11. The molecule has 3 rings (SSSR count). The lowest BCUT2D eigenvalue weighted by molar-refractivity contribution is 0.0696. The van der Waals surface area contributed by atoms with Crippen molar-refractivity contribution in [2.45, 2.75) is 6.61 Å². The normalized spacial score (nSPS) is 10.6. The van der Waals surface area contributed by atoms with Crippen molar-refractivity contribution >= 4 is 29.7 Å². The molecule has 3 aromatic rings. The van der Waals surface area contributed by atoms with E-state index in [9.17, 15) is 9.59 Å². The molecule has 0 bridgehead atoms. The van der Waals surface area contributed by atoms with Gasteiger partial charge in [-0.25, -0.2) is 10.2 Å². The molecule has 1 amide bonds. The fraction of sp³-hybridized carbons (Fsp3) is 0.0870. The van der Waals surface area contributed by atoms with Crippen molar-refractivity contribution in [1.82, 2.24) is 5.43 Å². The van der Waals surface area contributed by atoms with Gasteiger partial charge in [-0.05, 0) is 48.0 Å². The highest BCUT2D eigenvalue weighted by Crippen LogP contribution is 2.30. The van der Waals surface area contributed by atoms with Gasteiger partial charge in [-0.1, -0.05) is 35.9 Å². The maximum absolute atomic E-state index is 12.2. The Morgan fingerprint density at radius 1 is 1.06 bits per heavy atom. The van der Waals surface area contributed by atoms with Crippen LogP contribution in [0.1, 0.15) is 31.8 Å². The molecule has 3 aromatic carbocycles. The molecule has 0 heterocycles. The van der Waals surface area contributed by atoms with E-state index in [2.05, 4.69) is 10.5 Å². The van der Waals surface area contributed by atoms with Gasteiger partial charge in [0.05, 0.1) is 18.9 Å². The van der Waals surface area contributed by atoms with Crippen LogP contribution >= 0.6 is 11.6 Å². The van der Waals surface area contributed by atoms with Gasteiger partial charge in [-0.15, -0.1) is 0 Å². The molecule has 0 saturated carbocycles. The minimum Gasteiger partial charge on any atom is -0.493 e. The summed E-state index contributed by atoms with van der Waals surface area (Å²) in [6, 6.07) is 18.2. The topological polar surface area (TPSA) is 97.2 Å². The number of methoxy groups -OCH3 is 1. The van der Waals surface area contributed by atoms with E-state index in [0.29, 0.717) is 27.6 Å².